The number of halogens is 3. The molecular formula is C21H22F3N5O. The van der Waals surface area contributed by atoms with Crippen LogP contribution in [0, 0.1) is 0 Å². The molecule has 4 rings (SSSR count). The summed E-state index contributed by atoms with van der Waals surface area (Å²) in [6.07, 6.45) is 3.69. The first kappa shape index (κ1) is 20.2. The summed E-state index contributed by atoms with van der Waals surface area (Å²) in [5, 5.41) is 4.53. The van der Waals surface area contributed by atoms with Gasteiger partial charge in [-0.05, 0) is 36.6 Å². The average molecular weight is 417 g/mol. The minimum Gasteiger partial charge on any atom is -0.365 e. The highest BCUT2D eigenvalue weighted by Gasteiger charge is 2.32. The van der Waals surface area contributed by atoms with E-state index in [0.717, 1.165) is 44.2 Å². The van der Waals surface area contributed by atoms with Gasteiger partial charge in [0.05, 0.1) is 5.56 Å². The van der Waals surface area contributed by atoms with Gasteiger partial charge in [0, 0.05) is 25.0 Å². The molecule has 0 saturated heterocycles. The Morgan fingerprint density at radius 1 is 1.20 bits per heavy atom. The fraction of sp³-hybridized carbons (Fsp3) is 0.381. The SMILES string of the molecule is NC(=O)c1c(N(Cc2cccc(C(F)(F)F)c2)C2CCCCC2)nn2cccnc12. The quantitative estimate of drug-likeness (QED) is 0.676. The predicted octanol–water partition coefficient (Wildman–Crippen LogP) is 4.19. The van der Waals surface area contributed by atoms with Crippen molar-refractivity contribution >= 4 is 17.4 Å². The van der Waals surface area contributed by atoms with Crippen LogP contribution >= 0.6 is 0 Å². The molecule has 2 aromatic heterocycles. The summed E-state index contributed by atoms with van der Waals surface area (Å²) in [6, 6.07) is 7.00. The first-order chi connectivity index (χ1) is 14.3. The monoisotopic (exact) mass is 417 g/mol. The summed E-state index contributed by atoms with van der Waals surface area (Å²) in [5.41, 5.74) is 5.98. The van der Waals surface area contributed by atoms with Crippen LogP contribution in [-0.4, -0.2) is 26.5 Å². The number of alkyl halides is 3. The normalized spacial score (nSPS) is 15.4. The fourth-order valence-electron chi connectivity index (χ4n) is 4.11. The van der Waals surface area contributed by atoms with Crippen molar-refractivity contribution in [2.24, 2.45) is 5.73 Å². The van der Waals surface area contributed by atoms with Crippen LogP contribution in [0.4, 0.5) is 19.0 Å². The van der Waals surface area contributed by atoms with E-state index in [2.05, 4.69) is 10.1 Å². The molecular weight excluding hydrogens is 395 g/mol. The van der Waals surface area contributed by atoms with Gasteiger partial charge in [0.15, 0.2) is 11.5 Å². The number of amides is 1. The van der Waals surface area contributed by atoms with E-state index in [1.807, 2.05) is 4.90 Å². The number of hydrogen-bond acceptors (Lipinski definition) is 4. The van der Waals surface area contributed by atoms with E-state index in [0.29, 0.717) is 17.0 Å². The molecule has 6 nitrogen and oxygen atoms in total. The number of benzene rings is 1. The largest absolute Gasteiger partial charge is 0.416 e. The summed E-state index contributed by atoms with van der Waals surface area (Å²) in [4.78, 5) is 18.4. The van der Waals surface area contributed by atoms with E-state index < -0.39 is 17.6 Å². The molecule has 2 heterocycles. The highest BCUT2D eigenvalue weighted by Crippen LogP contribution is 2.33. The van der Waals surface area contributed by atoms with Crippen LogP contribution in [0.3, 0.4) is 0 Å². The molecule has 9 heteroatoms. The Labute approximate surface area is 171 Å². The molecule has 1 aliphatic rings. The first-order valence-electron chi connectivity index (χ1n) is 9.90. The zero-order valence-corrected chi connectivity index (χ0v) is 16.3. The van der Waals surface area contributed by atoms with Crippen LogP contribution in [0.15, 0.2) is 42.7 Å². The van der Waals surface area contributed by atoms with Crippen molar-refractivity contribution < 1.29 is 18.0 Å². The molecule has 1 fully saturated rings. The van der Waals surface area contributed by atoms with Crippen LogP contribution in [0.1, 0.15) is 53.6 Å². The van der Waals surface area contributed by atoms with Crippen molar-refractivity contribution in [3.8, 4) is 0 Å². The Kier molecular flexibility index (Phi) is 5.36. The minimum atomic E-state index is -4.42. The summed E-state index contributed by atoms with van der Waals surface area (Å²) < 4.78 is 41.1. The van der Waals surface area contributed by atoms with Crippen LogP contribution in [0.25, 0.3) is 5.65 Å². The van der Waals surface area contributed by atoms with Crippen LogP contribution in [0.2, 0.25) is 0 Å². The number of rotatable bonds is 5. The number of hydrogen-bond donors (Lipinski definition) is 1. The molecule has 3 aromatic rings. The second-order valence-electron chi connectivity index (χ2n) is 7.57. The molecule has 1 amide bonds. The standard InChI is InChI=1S/C21H22F3N5O/c22-21(23,24)15-7-4-6-14(12-15)13-28(16-8-2-1-3-9-16)20-17(18(25)30)19-26-10-5-11-29(19)27-20/h4-7,10-12,16H,1-3,8-9,13H2,(H2,25,30). The number of nitrogens with zero attached hydrogens (tertiary/aromatic N) is 4. The van der Waals surface area contributed by atoms with Crippen molar-refractivity contribution in [1.82, 2.24) is 14.6 Å². The van der Waals surface area contributed by atoms with E-state index in [1.165, 1.54) is 10.6 Å². The lowest BCUT2D eigenvalue weighted by Gasteiger charge is -2.35. The smallest absolute Gasteiger partial charge is 0.365 e. The molecule has 1 saturated carbocycles. The number of carbonyl (C=O) groups excluding carboxylic acids is 1. The fourth-order valence-corrected chi connectivity index (χ4v) is 4.11. The third-order valence-electron chi connectivity index (χ3n) is 5.52. The van der Waals surface area contributed by atoms with Crippen LogP contribution in [-0.2, 0) is 12.7 Å². The molecule has 1 aliphatic carbocycles. The molecule has 0 radical (unpaired) electrons. The lowest BCUT2D eigenvalue weighted by atomic mass is 9.93. The number of fused-ring (bicyclic) bond motifs is 1. The topological polar surface area (TPSA) is 76.5 Å². The van der Waals surface area contributed by atoms with E-state index in [-0.39, 0.29) is 18.2 Å². The minimum absolute atomic E-state index is 0.0521. The molecule has 0 atom stereocenters. The zero-order valence-electron chi connectivity index (χ0n) is 16.3. The summed E-state index contributed by atoms with van der Waals surface area (Å²) in [6.45, 7) is 0.193. The number of primary amides is 1. The Hall–Kier alpha value is -3.10. The maximum absolute atomic E-state index is 13.2. The summed E-state index contributed by atoms with van der Waals surface area (Å²) in [7, 11) is 0. The van der Waals surface area contributed by atoms with Gasteiger partial charge in [-0.2, -0.15) is 13.2 Å². The van der Waals surface area contributed by atoms with Gasteiger partial charge in [-0.3, -0.25) is 4.79 Å². The van der Waals surface area contributed by atoms with E-state index in [4.69, 9.17) is 5.73 Å². The maximum Gasteiger partial charge on any atom is 0.416 e. The number of anilines is 1. The molecule has 0 aliphatic heterocycles. The van der Waals surface area contributed by atoms with Gasteiger partial charge in [0.2, 0.25) is 0 Å². The second-order valence-corrected chi connectivity index (χ2v) is 7.57. The van der Waals surface area contributed by atoms with E-state index in [9.17, 15) is 18.0 Å². The van der Waals surface area contributed by atoms with E-state index >= 15 is 0 Å². The number of aromatic nitrogens is 3. The Morgan fingerprint density at radius 2 is 1.97 bits per heavy atom. The van der Waals surface area contributed by atoms with Gasteiger partial charge in [0.25, 0.3) is 5.91 Å². The highest BCUT2D eigenvalue weighted by molar-refractivity contribution is 6.03. The molecule has 1 aromatic carbocycles. The van der Waals surface area contributed by atoms with Crippen molar-refractivity contribution in [3.05, 3.63) is 59.4 Å². The number of carbonyl (C=O) groups is 1. The molecule has 0 spiro atoms. The molecule has 2 N–H and O–H groups in total. The van der Waals surface area contributed by atoms with Crippen molar-refractivity contribution in [2.75, 3.05) is 4.90 Å². The van der Waals surface area contributed by atoms with Gasteiger partial charge < -0.3 is 10.6 Å². The van der Waals surface area contributed by atoms with Crippen molar-refractivity contribution in [1.29, 1.82) is 0 Å². The van der Waals surface area contributed by atoms with Gasteiger partial charge in [0.1, 0.15) is 5.56 Å². The summed E-state index contributed by atoms with van der Waals surface area (Å²) in [5.74, 6) is -0.297. The van der Waals surface area contributed by atoms with Gasteiger partial charge >= 0.3 is 6.18 Å². The molecule has 158 valence electrons. The molecule has 0 unspecified atom stereocenters. The van der Waals surface area contributed by atoms with Crippen LogP contribution in [0.5, 0.6) is 0 Å². The zero-order chi connectivity index (χ0) is 21.3. The van der Waals surface area contributed by atoms with Gasteiger partial charge in [-0.15, -0.1) is 5.10 Å². The third kappa shape index (κ3) is 3.96. The lowest BCUT2D eigenvalue weighted by Crippen LogP contribution is -2.38. The molecule has 0 bridgehead atoms. The van der Waals surface area contributed by atoms with E-state index in [1.54, 1.807) is 24.5 Å². The van der Waals surface area contributed by atoms with Crippen molar-refractivity contribution in [2.45, 2.75) is 50.9 Å². The Balaban J connectivity index is 1.79. The second kappa shape index (κ2) is 7.97. The predicted molar refractivity (Wildman–Crippen MR) is 106 cm³/mol. The lowest BCUT2D eigenvalue weighted by molar-refractivity contribution is -0.137. The Bertz CT molecular complexity index is 1060. The maximum atomic E-state index is 13.2. The first-order valence-corrected chi connectivity index (χ1v) is 9.90. The van der Waals surface area contributed by atoms with Crippen LogP contribution < -0.4 is 10.6 Å². The number of nitrogens with two attached hydrogens (primary N) is 1. The highest BCUT2D eigenvalue weighted by atomic mass is 19.4. The summed E-state index contributed by atoms with van der Waals surface area (Å²) >= 11 is 0. The Morgan fingerprint density at radius 3 is 2.67 bits per heavy atom. The van der Waals surface area contributed by atoms with Gasteiger partial charge in [-0.1, -0.05) is 31.4 Å². The molecule has 30 heavy (non-hydrogen) atoms. The average Bonchev–Trinajstić information content (AvgIpc) is 3.12. The van der Waals surface area contributed by atoms with Gasteiger partial charge in [-0.25, -0.2) is 9.50 Å². The van der Waals surface area contributed by atoms with Crippen molar-refractivity contribution in [3.63, 3.8) is 0 Å². The third-order valence-corrected chi connectivity index (χ3v) is 5.52.